The van der Waals surface area contributed by atoms with Gasteiger partial charge in [-0.2, -0.15) is 0 Å². The van der Waals surface area contributed by atoms with Crippen molar-refractivity contribution in [3.63, 3.8) is 0 Å². The summed E-state index contributed by atoms with van der Waals surface area (Å²) in [5.74, 6) is 2.43. The highest BCUT2D eigenvalue weighted by Crippen LogP contribution is 2.43. The van der Waals surface area contributed by atoms with Gasteiger partial charge in [0.25, 0.3) is 0 Å². The lowest BCUT2D eigenvalue weighted by molar-refractivity contribution is -0.0944. The molecule has 1 N–H and O–H groups in total. The van der Waals surface area contributed by atoms with Crippen molar-refractivity contribution in [2.45, 2.75) is 88.5 Å². The zero-order valence-corrected chi connectivity index (χ0v) is 18.4. The molecule has 3 unspecified atom stereocenters. The van der Waals surface area contributed by atoms with Crippen LogP contribution in [-0.4, -0.2) is 74.8 Å². The molecule has 0 aromatic carbocycles. The number of piperidine rings is 1. The van der Waals surface area contributed by atoms with Crippen LogP contribution in [0.15, 0.2) is 0 Å². The molecule has 0 radical (unpaired) electrons. The summed E-state index contributed by atoms with van der Waals surface area (Å²) in [5.41, 5.74) is 0.0652. The number of fused-ring (bicyclic) bond motifs is 5. The van der Waals surface area contributed by atoms with Crippen LogP contribution in [0.5, 0.6) is 0 Å². The first-order valence-corrected chi connectivity index (χ1v) is 12.6. The van der Waals surface area contributed by atoms with E-state index < -0.39 is 0 Å². The molecule has 2 bridgehead atoms. The molecule has 4 aliphatic heterocycles. The maximum atomic E-state index is 6.67. The fourth-order valence-corrected chi connectivity index (χ4v) is 7.40. The van der Waals surface area contributed by atoms with Crippen LogP contribution < -0.4 is 5.32 Å². The van der Waals surface area contributed by atoms with Crippen LogP contribution in [0.2, 0.25) is 0 Å². The molecule has 2 saturated carbocycles. The molecule has 5 atom stereocenters. The van der Waals surface area contributed by atoms with E-state index in [1.165, 1.54) is 64.3 Å². The number of hydrogen-bond donors (Lipinski definition) is 1. The Morgan fingerprint density at radius 2 is 1.83 bits per heavy atom. The minimum atomic E-state index is 0.0652. The third kappa shape index (κ3) is 4.27. The van der Waals surface area contributed by atoms with Crippen molar-refractivity contribution in [2.75, 3.05) is 46.1 Å². The third-order valence-electron chi connectivity index (χ3n) is 8.93. The molecule has 6 aliphatic rings. The third-order valence-corrected chi connectivity index (χ3v) is 8.93. The molecule has 0 aromatic heterocycles. The number of rotatable bonds is 0. The zero-order valence-electron chi connectivity index (χ0n) is 18.4. The van der Waals surface area contributed by atoms with Gasteiger partial charge in [-0.15, -0.1) is 0 Å². The summed E-state index contributed by atoms with van der Waals surface area (Å²) in [6.45, 7) is 9.03. The van der Waals surface area contributed by atoms with E-state index >= 15 is 0 Å². The summed E-state index contributed by atoms with van der Waals surface area (Å²) in [4.78, 5) is 2.66. The lowest BCUT2D eigenvalue weighted by Crippen LogP contribution is -2.70. The normalized spacial score (nSPS) is 47.5. The van der Waals surface area contributed by atoms with E-state index in [1.54, 1.807) is 0 Å². The fourth-order valence-electron chi connectivity index (χ4n) is 7.40. The molecular formula is C24H42N2O3. The van der Waals surface area contributed by atoms with E-state index in [0.717, 1.165) is 57.3 Å². The molecule has 6 fully saturated rings. The van der Waals surface area contributed by atoms with Crippen molar-refractivity contribution in [1.82, 2.24) is 10.2 Å². The Morgan fingerprint density at radius 1 is 0.931 bits per heavy atom. The standard InChI is InChI=1S/C24H42N2O3/c1-18-4-2-5-21-23(18)19-6-8-20(9-7-19)29-16-22-24(17-27-14-11-25-24)10-3-12-26(22)13-15-28-21/h18-23,25H,2-17H2,1H3/t18?,19?,20?,21?,22-,23?,24+/m1/s1. The van der Waals surface area contributed by atoms with Gasteiger partial charge in [0.2, 0.25) is 0 Å². The summed E-state index contributed by atoms with van der Waals surface area (Å²) >= 11 is 0. The van der Waals surface area contributed by atoms with Crippen LogP contribution in [0.25, 0.3) is 0 Å². The maximum Gasteiger partial charge on any atom is 0.0665 e. The first kappa shape index (κ1) is 20.7. The van der Waals surface area contributed by atoms with Crippen molar-refractivity contribution in [3.8, 4) is 0 Å². The maximum absolute atomic E-state index is 6.67. The fraction of sp³-hybridized carbons (Fsp3) is 1.00. The predicted molar refractivity (Wildman–Crippen MR) is 114 cm³/mol. The minimum Gasteiger partial charge on any atom is -0.378 e. The zero-order chi connectivity index (χ0) is 19.7. The molecule has 6 rings (SSSR count). The van der Waals surface area contributed by atoms with Gasteiger partial charge < -0.3 is 19.5 Å². The Balaban J connectivity index is 1.35. The van der Waals surface area contributed by atoms with Crippen molar-refractivity contribution in [2.24, 2.45) is 17.8 Å². The van der Waals surface area contributed by atoms with Crippen LogP contribution in [0.1, 0.15) is 64.7 Å². The van der Waals surface area contributed by atoms with E-state index in [9.17, 15) is 0 Å². The quantitative estimate of drug-likeness (QED) is 0.669. The highest BCUT2D eigenvalue weighted by molar-refractivity contribution is 5.05. The summed E-state index contributed by atoms with van der Waals surface area (Å²) < 4.78 is 19.3. The van der Waals surface area contributed by atoms with Crippen LogP contribution in [0.3, 0.4) is 0 Å². The first-order valence-electron chi connectivity index (χ1n) is 12.6. The Morgan fingerprint density at radius 3 is 2.66 bits per heavy atom. The first-order chi connectivity index (χ1) is 14.3. The molecule has 4 saturated heterocycles. The average Bonchev–Trinajstić information content (AvgIpc) is 2.76. The second-order valence-corrected chi connectivity index (χ2v) is 10.6. The van der Waals surface area contributed by atoms with E-state index in [-0.39, 0.29) is 5.54 Å². The summed E-state index contributed by atoms with van der Waals surface area (Å²) in [5, 5.41) is 3.86. The monoisotopic (exact) mass is 406 g/mol. The Kier molecular flexibility index (Phi) is 6.50. The summed E-state index contributed by atoms with van der Waals surface area (Å²) in [6.07, 6.45) is 12.5. The smallest absolute Gasteiger partial charge is 0.0665 e. The van der Waals surface area contributed by atoms with Crippen molar-refractivity contribution >= 4 is 0 Å². The molecule has 2 aliphatic carbocycles. The molecule has 29 heavy (non-hydrogen) atoms. The van der Waals surface area contributed by atoms with Crippen molar-refractivity contribution in [3.05, 3.63) is 0 Å². The second-order valence-electron chi connectivity index (χ2n) is 10.6. The van der Waals surface area contributed by atoms with E-state index in [1.807, 2.05) is 0 Å². The molecule has 5 nitrogen and oxygen atoms in total. The number of morpholine rings is 1. The Bertz CT molecular complexity index is 525. The van der Waals surface area contributed by atoms with Crippen LogP contribution in [0.4, 0.5) is 0 Å². The largest absolute Gasteiger partial charge is 0.378 e. The molecule has 4 heterocycles. The lowest BCUT2D eigenvalue weighted by atomic mass is 9.67. The topological polar surface area (TPSA) is 43.0 Å². The summed E-state index contributed by atoms with van der Waals surface area (Å²) in [7, 11) is 0. The van der Waals surface area contributed by atoms with Crippen LogP contribution >= 0.6 is 0 Å². The summed E-state index contributed by atoms with van der Waals surface area (Å²) in [6, 6.07) is 0.403. The van der Waals surface area contributed by atoms with Crippen molar-refractivity contribution in [1.29, 1.82) is 0 Å². The van der Waals surface area contributed by atoms with Gasteiger partial charge in [0, 0.05) is 13.1 Å². The molecule has 5 heteroatoms. The van der Waals surface area contributed by atoms with Gasteiger partial charge in [-0.1, -0.05) is 19.8 Å². The number of ether oxygens (including phenoxy) is 3. The van der Waals surface area contributed by atoms with Crippen LogP contribution in [0, 0.1) is 17.8 Å². The predicted octanol–water partition coefficient (Wildman–Crippen LogP) is 3.22. The van der Waals surface area contributed by atoms with E-state index in [0.29, 0.717) is 18.2 Å². The van der Waals surface area contributed by atoms with E-state index in [4.69, 9.17) is 14.2 Å². The van der Waals surface area contributed by atoms with Gasteiger partial charge in [-0.3, -0.25) is 4.90 Å². The highest BCUT2D eigenvalue weighted by Gasteiger charge is 2.47. The average molecular weight is 407 g/mol. The highest BCUT2D eigenvalue weighted by atomic mass is 16.5. The van der Waals surface area contributed by atoms with Crippen molar-refractivity contribution < 1.29 is 14.2 Å². The molecular weight excluding hydrogens is 364 g/mol. The molecule has 1 spiro atoms. The van der Waals surface area contributed by atoms with Gasteiger partial charge >= 0.3 is 0 Å². The number of hydrogen-bond acceptors (Lipinski definition) is 5. The Hall–Kier alpha value is -0.200. The van der Waals surface area contributed by atoms with Gasteiger partial charge in [-0.25, -0.2) is 0 Å². The van der Waals surface area contributed by atoms with Crippen LogP contribution in [-0.2, 0) is 14.2 Å². The van der Waals surface area contributed by atoms with Gasteiger partial charge in [0.05, 0.1) is 50.2 Å². The number of nitrogens with zero attached hydrogens (tertiary/aromatic N) is 1. The molecule has 0 amide bonds. The van der Waals surface area contributed by atoms with Gasteiger partial charge in [-0.05, 0) is 69.2 Å². The van der Waals surface area contributed by atoms with Gasteiger partial charge in [0.15, 0.2) is 0 Å². The minimum absolute atomic E-state index is 0.0652. The second kappa shape index (κ2) is 9.12. The lowest BCUT2D eigenvalue weighted by Gasteiger charge is -2.52. The SMILES string of the molecule is CC1CCCC2OCCN3CCC[C@]4(COCCN4)[C@H]3COC3CCC(CC3)C12. The molecule has 0 aromatic rings. The number of nitrogens with one attached hydrogen (secondary N) is 1. The Labute approximate surface area is 177 Å². The van der Waals surface area contributed by atoms with Gasteiger partial charge in [0.1, 0.15) is 0 Å². The van der Waals surface area contributed by atoms with E-state index in [2.05, 4.69) is 17.1 Å². The molecule has 166 valence electrons.